The van der Waals surface area contributed by atoms with E-state index in [-0.39, 0.29) is 5.91 Å². The predicted molar refractivity (Wildman–Crippen MR) is 93.6 cm³/mol. The molecule has 0 atom stereocenters. The van der Waals surface area contributed by atoms with E-state index in [0.29, 0.717) is 26.0 Å². The molecule has 2 amide bonds. The van der Waals surface area contributed by atoms with Gasteiger partial charge >= 0.3 is 6.09 Å². The number of carbonyl (C=O) groups excluding carboxylic acids is 2. The van der Waals surface area contributed by atoms with Crippen molar-refractivity contribution < 1.29 is 14.3 Å². The molecule has 1 aromatic carbocycles. The van der Waals surface area contributed by atoms with Crippen molar-refractivity contribution in [3.63, 3.8) is 0 Å². The molecule has 5 heteroatoms. The number of hydrogen-bond donors (Lipinski definition) is 1. The maximum Gasteiger partial charge on any atom is 0.407 e. The van der Waals surface area contributed by atoms with Crippen molar-refractivity contribution in [2.75, 3.05) is 19.7 Å². The van der Waals surface area contributed by atoms with Crippen LogP contribution in [-0.2, 0) is 15.1 Å². The van der Waals surface area contributed by atoms with Gasteiger partial charge in [0, 0.05) is 19.5 Å². The molecular weight excluding hydrogens is 304 g/mol. The summed E-state index contributed by atoms with van der Waals surface area (Å²) in [4.78, 5) is 25.8. The van der Waals surface area contributed by atoms with E-state index in [1.807, 2.05) is 49.1 Å². The highest BCUT2D eigenvalue weighted by molar-refractivity contribution is 5.76. The highest BCUT2D eigenvalue weighted by atomic mass is 16.5. The predicted octanol–water partition coefficient (Wildman–Crippen LogP) is 3.44. The average Bonchev–Trinajstić information content (AvgIpc) is 2.76. The fourth-order valence-electron chi connectivity index (χ4n) is 2.91. The molecule has 2 rings (SSSR count). The van der Waals surface area contributed by atoms with E-state index in [2.05, 4.69) is 5.32 Å². The van der Waals surface area contributed by atoms with Crippen LogP contribution in [0.3, 0.4) is 0 Å². The zero-order chi connectivity index (χ0) is 17.4. The molecule has 0 aromatic heterocycles. The topological polar surface area (TPSA) is 58.6 Å². The zero-order valence-corrected chi connectivity index (χ0v) is 14.7. The number of carbonyl (C=O) groups is 2. The number of hydrogen-bond acceptors (Lipinski definition) is 3. The molecule has 132 valence electrons. The van der Waals surface area contributed by atoms with Crippen LogP contribution in [0.25, 0.3) is 0 Å². The number of rotatable bonds is 6. The zero-order valence-electron chi connectivity index (χ0n) is 14.7. The van der Waals surface area contributed by atoms with Crippen LogP contribution in [-0.4, -0.2) is 36.6 Å². The van der Waals surface area contributed by atoms with Crippen LogP contribution < -0.4 is 5.32 Å². The van der Waals surface area contributed by atoms with Gasteiger partial charge in [0.05, 0.1) is 12.1 Å². The van der Waals surface area contributed by atoms with Crippen molar-refractivity contribution in [1.82, 2.24) is 10.2 Å². The third-order valence-electron chi connectivity index (χ3n) is 4.39. The SMILES string of the molecule is CC(C)(NC(=O)OCCCN1CCCCCC1=O)c1ccccc1. The van der Waals surface area contributed by atoms with Crippen LogP contribution in [0, 0.1) is 0 Å². The van der Waals surface area contributed by atoms with Crippen molar-refractivity contribution >= 4 is 12.0 Å². The minimum atomic E-state index is -0.487. The molecule has 0 radical (unpaired) electrons. The van der Waals surface area contributed by atoms with E-state index >= 15 is 0 Å². The molecule has 1 aromatic rings. The van der Waals surface area contributed by atoms with E-state index in [9.17, 15) is 9.59 Å². The molecule has 1 aliphatic rings. The van der Waals surface area contributed by atoms with Crippen LogP contribution in [0.5, 0.6) is 0 Å². The fraction of sp³-hybridized carbons (Fsp3) is 0.579. The molecule has 0 bridgehead atoms. The monoisotopic (exact) mass is 332 g/mol. The van der Waals surface area contributed by atoms with E-state index in [1.165, 1.54) is 0 Å². The van der Waals surface area contributed by atoms with Gasteiger partial charge in [-0.15, -0.1) is 0 Å². The summed E-state index contributed by atoms with van der Waals surface area (Å²) in [7, 11) is 0. The van der Waals surface area contributed by atoms with Crippen molar-refractivity contribution in [1.29, 1.82) is 0 Å². The number of nitrogens with one attached hydrogen (secondary N) is 1. The number of nitrogens with zero attached hydrogens (tertiary/aromatic N) is 1. The molecule has 1 aliphatic heterocycles. The quantitative estimate of drug-likeness (QED) is 0.812. The van der Waals surface area contributed by atoms with Gasteiger partial charge < -0.3 is 15.0 Å². The van der Waals surface area contributed by atoms with Gasteiger partial charge in [-0.2, -0.15) is 0 Å². The summed E-state index contributed by atoms with van der Waals surface area (Å²) in [5.74, 6) is 0.224. The van der Waals surface area contributed by atoms with Gasteiger partial charge in [0.2, 0.25) is 5.91 Å². The van der Waals surface area contributed by atoms with Crippen LogP contribution in [0.15, 0.2) is 30.3 Å². The second-order valence-electron chi connectivity index (χ2n) is 6.80. The Kier molecular flexibility index (Phi) is 6.64. The first-order valence-electron chi connectivity index (χ1n) is 8.77. The first kappa shape index (κ1) is 18.3. The van der Waals surface area contributed by atoms with E-state index < -0.39 is 11.6 Å². The molecule has 1 saturated heterocycles. The summed E-state index contributed by atoms with van der Waals surface area (Å²) in [5, 5.41) is 2.89. The van der Waals surface area contributed by atoms with Crippen LogP contribution in [0.4, 0.5) is 4.79 Å². The van der Waals surface area contributed by atoms with Crippen LogP contribution in [0.1, 0.15) is 51.5 Å². The minimum Gasteiger partial charge on any atom is -0.449 e. The second-order valence-corrected chi connectivity index (χ2v) is 6.80. The minimum absolute atomic E-state index is 0.224. The highest BCUT2D eigenvalue weighted by Crippen LogP contribution is 2.19. The fourth-order valence-corrected chi connectivity index (χ4v) is 2.91. The van der Waals surface area contributed by atoms with Gasteiger partial charge in [-0.1, -0.05) is 36.8 Å². The Labute approximate surface area is 144 Å². The third-order valence-corrected chi connectivity index (χ3v) is 4.39. The third kappa shape index (κ3) is 5.55. The number of ether oxygens (including phenoxy) is 1. The van der Waals surface area contributed by atoms with Gasteiger partial charge in [-0.25, -0.2) is 4.79 Å². The van der Waals surface area contributed by atoms with Gasteiger partial charge in [0.1, 0.15) is 0 Å². The summed E-state index contributed by atoms with van der Waals surface area (Å²) >= 11 is 0. The largest absolute Gasteiger partial charge is 0.449 e. The molecule has 1 N–H and O–H groups in total. The molecule has 1 fully saturated rings. The Bertz CT molecular complexity index is 543. The Morgan fingerprint density at radius 2 is 1.96 bits per heavy atom. The standard InChI is InChI=1S/C19H28N2O3/c1-19(2,16-10-5-3-6-11-16)20-18(23)24-15-9-14-21-13-8-4-7-12-17(21)22/h3,5-6,10-11H,4,7-9,12-15H2,1-2H3,(H,20,23). The van der Waals surface area contributed by atoms with E-state index in [1.54, 1.807) is 0 Å². The maximum absolute atomic E-state index is 12.0. The summed E-state index contributed by atoms with van der Waals surface area (Å²) < 4.78 is 5.27. The summed E-state index contributed by atoms with van der Waals surface area (Å²) in [6.07, 6.45) is 4.07. The molecule has 0 spiro atoms. The Morgan fingerprint density at radius 3 is 2.71 bits per heavy atom. The second kappa shape index (κ2) is 8.71. The van der Waals surface area contributed by atoms with Gasteiger partial charge in [-0.3, -0.25) is 4.79 Å². The average molecular weight is 332 g/mol. The van der Waals surface area contributed by atoms with Crippen molar-refractivity contribution in [2.24, 2.45) is 0 Å². The van der Waals surface area contributed by atoms with Crippen molar-refractivity contribution in [2.45, 2.75) is 51.5 Å². The molecule has 1 heterocycles. The number of alkyl carbamates (subject to hydrolysis) is 1. The van der Waals surface area contributed by atoms with Gasteiger partial charge in [-0.05, 0) is 38.7 Å². The summed E-state index contributed by atoms with van der Waals surface area (Å²) in [5.41, 5.74) is 0.538. The normalized spacial score (nSPS) is 15.8. The van der Waals surface area contributed by atoms with Gasteiger partial charge in [0.15, 0.2) is 0 Å². The Morgan fingerprint density at radius 1 is 1.21 bits per heavy atom. The highest BCUT2D eigenvalue weighted by Gasteiger charge is 2.23. The number of likely N-dealkylation sites (tertiary alicyclic amines) is 1. The first-order chi connectivity index (χ1) is 11.5. The van der Waals surface area contributed by atoms with E-state index in [4.69, 9.17) is 4.74 Å². The molecule has 24 heavy (non-hydrogen) atoms. The molecular formula is C19H28N2O3. The molecule has 0 saturated carbocycles. The number of amides is 2. The van der Waals surface area contributed by atoms with Crippen LogP contribution >= 0.6 is 0 Å². The lowest BCUT2D eigenvalue weighted by atomic mass is 9.95. The number of benzene rings is 1. The Hall–Kier alpha value is -2.04. The smallest absolute Gasteiger partial charge is 0.407 e. The van der Waals surface area contributed by atoms with Crippen molar-refractivity contribution in [3.05, 3.63) is 35.9 Å². The van der Waals surface area contributed by atoms with Gasteiger partial charge in [0.25, 0.3) is 0 Å². The summed E-state index contributed by atoms with van der Waals surface area (Å²) in [6.45, 7) is 5.69. The maximum atomic E-state index is 12.0. The molecule has 0 aliphatic carbocycles. The first-order valence-corrected chi connectivity index (χ1v) is 8.77. The summed E-state index contributed by atoms with van der Waals surface area (Å²) in [6, 6.07) is 9.79. The lowest BCUT2D eigenvalue weighted by Crippen LogP contribution is -2.41. The Balaban J connectivity index is 1.70. The molecule has 0 unspecified atom stereocenters. The lowest BCUT2D eigenvalue weighted by Gasteiger charge is -2.26. The van der Waals surface area contributed by atoms with E-state index in [0.717, 1.165) is 31.4 Å². The van der Waals surface area contributed by atoms with Crippen LogP contribution in [0.2, 0.25) is 0 Å². The lowest BCUT2D eigenvalue weighted by molar-refractivity contribution is -0.130. The van der Waals surface area contributed by atoms with Crippen molar-refractivity contribution in [3.8, 4) is 0 Å². The molecule has 5 nitrogen and oxygen atoms in total.